The first-order valence-electron chi connectivity index (χ1n) is 10.5. The van der Waals surface area contributed by atoms with E-state index in [4.69, 9.17) is 0 Å². The molecular formula is C22H27N5O3S. The normalized spacial score (nSPS) is 17.2. The summed E-state index contributed by atoms with van der Waals surface area (Å²) in [5.74, 6) is 0.923. The van der Waals surface area contributed by atoms with Crippen molar-refractivity contribution in [2.24, 2.45) is 0 Å². The van der Waals surface area contributed by atoms with Crippen LogP contribution in [0.4, 0.5) is 0 Å². The minimum absolute atomic E-state index is 0.0543. The lowest BCUT2D eigenvalue weighted by atomic mass is 9.97. The fourth-order valence-electron chi connectivity index (χ4n) is 3.97. The number of rotatable bonds is 6. The summed E-state index contributed by atoms with van der Waals surface area (Å²) in [6.45, 7) is 5.13. The summed E-state index contributed by atoms with van der Waals surface area (Å²) in [5.41, 5.74) is 2.75. The van der Waals surface area contributed by atoms with E-state index in [2.05, 4.69) is 14.9 Å². The highest BCUT2D eigenvalue weighted by molar-refractivity contribution is 7.89. The monoisotopic (exact) mass is 441 g/mol. The van der Waals surface area contributed by atoms with Gasteiger partial charge in [-0.15, -0.1) is 10.2 Å². The largest absolute Gasteiger partial charge is 0.342 e. The lowest BCUT2D eigenvalue weighted by Crippen LogP contribution is -2.41. The van der Waals surface area contributed by atoms with E-state index in [0.717, 1.165) is 35.4 Å². The Bertz CT molecular complexity index is 1200. The van der Waals surface area contributed by atoms with Gasteiger partial charge >= 0.3 is 0 Å². The number of aromatic nitrogens is 3. The average Bonchev–Trinajstić information content (AvgIpc) is 3.19. The van der Waals surface area contributed by atoms with Gasteiger partial charge in [-0.25, -0.2) is 13.1 Å². The number of likely N-dealkylation sites (tertiary alicyclic amines) is 1. The number of piperidine rings is 1. The van der Waals surface area contributed by atoms with Crippen LogP contribution < -0.4 is 4.72 Å². The molecule has 2 aromatic heterocycles. The number of hydrogen-bond donors (Lipinski definition) is 1. The van der Waals surface area contributed by atoms with Crippen LogP contribution in [0.2, 0.25) is 0 Å². The van der Waals surface area contributed by atoms with Crippen molar-refractivity contribution >= 4 is 21.6 Å². The van der Waals surface area contributed by atoms with E-state index in [9.17, 15) is 13.2 Å². The molecule has 1 amide bonds. The summed E-state index contributed by atoms with van der Waals surface area (Å²) in [6, 6.07) is 10.8. The number of hydrogen-bond acceptors (Lipinski definition) is 5. The quantitative estimate of drug-likeness (QED) is 0.634. The lowest BCUT2D eigenvalue weighted by molar-refractivity contribution is -0.132. The molecule has 0 bridgehead atoms. The Hall–Kier alpha value is -2.78. The van der Waals surface area contributed by atoms with Gasteiger partial charge in [0, 0.05) is 38.2 Å². The van der Waals surface area contributed by atoms with E-state index < -0.39 is 10.0 Å². The Balaban J connectivity index is 1.36. The maximum atomic E-state index is 12.7. The molecule has 1 fully saturated rings. The van der Waals surface area contributed by atoms with Crippen LogP contribution in [0.1, 0.15) is 42.1 Å². The molecule has 31 heavy (non-hydrogen) atoms. The molecule has 1 saturated heterocycles. The first kappa shape index (κ1) is 21.5. The third-order valence-electron chi connectivity index (χ3n) is 5.90. The minimum Gasteiger partial charge on any atom is -0.342 e. The van der Waals surface area contributed by atoms with Crippen molar-refractivity contribution in [2.75, 3.05) is 19.6 Å². The van der Waals surface area contributed by atoms with Crippen molar-refractivity contribution in [3.8, 4) is 0 Å². The molecule has 1 aromatic carbocycles. The zero-order valence-electron chi connectivity index (χ0n) is 17.8. The van der Waals surface area contributed by atoms with E-state index >= 15 is 0 Å². The summed E-state index contributed by atoms with van der Waals surface area (Å²) >= 11 is 0. The standard InChI is InChI=1S/C22H27N5O3S/c1-16-8-9-19(14-17(16)2)31(29,30)23-11-10-21(28)26-12-5-6-18(15-26)22-25-24-20-7-3-4-13-27(20)22/h3-4,7-9,13-14,18,23H,5-6,10-12,15H2,1-2H3. The summed E-state index contributed by atoms with van der Waals surface area (Å²) in [5, 5.41) is 8.55. The minimum atomic E-state index is -3.64. The number of amides is 1. The highest BCUT2D eigenvalue weighted by Gasteiger charge is 2.28. The van der Waals surface area contributed by atoms with E-state index in [1.807, 2.05) is 47.5 Å². The Kier molecular flexibility index (Phi) is 6.06. The fraction of sp³-hybridized carbons (Fsp3) is 0.409. The molecule has 1 N–H and O–H groups in total. The lowest BCUT2D eigenvalue weighted by Gasteiger charge is -2.32. The van der Waals surface area contributed by atoms with Gasteiger partial charge < -0.3 is 4.90 Å². The van der Waals surface area contributed by atoms with Crippen LogP contribution in [-0.2, 0) is 14.8 Å². The van der Waals surface area contributed by atoms with E-state index in [0.29, 0.717) is 13.1 Å². The number of aryl methyl sites for hydroxylation is 2. The van der Waals surface area contributed by atoms with Crippen LogP contribution in [0.3, 0.4) is 0 Å². The molecule has 9 heteroatoms. The summed E-state index contributed by atoms with van der Waals surface area (Å²) < 4.78 is 29.6. The number of carbonyl (C=O) groups is 1. The molecule has 1 aliphatic rings. The van der Waals surface area contributed by atoms with Gasteiger partial charge in [-0.3, -0.25) is 9.20 Å². The second-order valence-electron chi connectivity index (χ2n) is 8.06. The van der Waals surface area contributed by atoms with Crippen molar-refractivity contribution in [3.63, 3.8) is 0 Å². The number of sulfonamides is 1. The van der Waals surface area contributed by atoms with Gasteiger partial charge in [0.15, 0.2) is 5.65 Å². The number of carbonyl (C=O) groups excluding carboxylic acids is 1. The van der Waals surface area contributed by atoms with Crippen molar-refractivity contribution in [2.45, 2.75) is 43.9 Å². The highest BCUT2D eigenvalue weighted by Crippen LogP contribution is 2.26. The second-order valence-corrected chi connectivity index (χ2v) is 9.83. The molecule has 1 atom stereocenters. The second kappa shape index (κ2) is 8.76. The predicted octanol–water partition coefficient (Wildman–Crippen LogP) is 2.42. The van der Waals surface area contributed by atoms with Crippen molar-refractivity contribution in [1.82, 2.24) is 24.2 Å². The van der Waals surface area contributed by atoms with Gasteiger partial charge in [0.25, 0.3) is 0 Å². The van der Waals surface area contributed by atoms with Gasteiger partial charge in [0.2, 0.25) is 15.9 Å². The SMILES string of the molecule is Cc1ccc(S(=O)(=O)NCCC(=O)N2CCCC(c3nnc4ccccn34)C2)cc1C. The van der Waals surface area contributed by atoms with Crippen LogP contribution >= 0.6 is 0 Å². The zero-order chi connectivity index (χ0) is 22.0. The Morgan fingerprint density at radius 1 is 1.16 bits per heavy atom. The smallest absolute Gasteiger partial charge is 0.240 e. The third kappa shape index (κ3) is 4.62. The molecule has 1 unspecified atom stereocenters. The molecule has 8 nitrogen and oxygen atoms in total. The molecular weight excluding hydrogens is 414 g/mol. The molecule has 1 aliphatic heterocycles. The molecule has 0 radical (unpaired) electrons. The molecule has 3 aromatic rings. The first-order chi connectivity index (χ1) is 14.8. The number of benzene rings is 1. The van der Waals surface area contributed by atoms with E-state index in [1.165, 1.54) is 0 Å². The van der Waals surface area contributed by atoms with Crippen LogP contribution in [0.15, 0.2) is 47.5 Å². The maximum Gasteiger partial charge on any atom is 0.240 e. The number of fused-ring (bicyclic) bond motifs is 1. The van der Waals surface area contributed by atoms with Crippen molar-refractivity contribution in [1.29, 1.82) is 0 Å². The van der Waals surface area contributed by atoms with Gasteiger partial charge in [0.05, 0.1) is 4.90 Å². The molecule has 4 rings (SSSR count). The van der Waals surface area contributed by atoms with Gasteiger partial charge in [0.1, 0.15) is 5.82 Å². The number of nitrogens with zero attached hydrogens (tertiary/aromatic N) is 4. The molecule has 0 spiro atoms. The number of pyridine rings is 1. The van der Waals surface area contributed by atoms with Crippen LogP contribution in [0, 0.1) is 13.8 Å². The highest BCUT2D eigenvalue weighted by atomic mass is 32.2. The third-order valence-corrected chi connectivity index (χ3v) is 7.36. The Morgan fingerprint density at radius 2 is 2.00 bits per heavy atom. The molecule has 0 saturated carbocycles. The van der Waals surface area contributed by atoms with E-state index in [-0.39, 0.29) is 29.7 Å². The summed E-state index contributed by atoms with van der Waals surface area (Å²) in [4.78, 5) is 14.8. The topological polar surface area (TPSA) is 96.7 Å². The van der Waals surface area contributed by atoms with Gasteiger partial charge in [-0.1, -0.05) is 12.1 Å². The van der Waals surface area contributed by atoms with Crippen LogP contribution in [-0.4, -0.2) is 53.5 Å². The van der Waals surface area contributed by atoms with E-state index in [1.54, 1.807) is 18.2 Å². The average molecular weight is 442 g/mol. The molecule has 3 heterocycles. The zero-order valence-corrected chi connectivity index (χ0v) is 18.6. The van der Waals surface area contributed by atoms with Crippen molar-refractivity contribution in [3.05, 3.63) is 59.5 Å². The van der Waals surface area contributed by atoms with Crippen LogP contribution in [0.25, 0.3) is 5.65 Å². The Morgan fingerprint density at radius 3 is 2.81 bits per heavy atom. The summed E-state index contributed by atoms with van der Waals surface area (Å²) in [6.07, 6.45) is 3.88. The first-order valence-corrected chi connectivity index (χ1v) is 12.0. The van der Waals surface area contributed by atoms with Crippen molar-refractivity contribution < 1.29 is 13.2 Å². The Labute approximate surface area is 182 Å². The predicted molar refractivity (Wildman–Crippen MR) is 117 cm³/mol. The maximum absolute atomic E-state index is 12.7. The fourth-order valence-corrected chi connectivity index (χ4v) is 5.08. The number of nitrogens with one attached hydrogen (secondary N) is 1. The molecule has 164 valence electrons. The van der Waals surface area contributed by atoms with Gasteiger partial charge in [-0.05, 0) is 62.1 Å². The summed E-state index contributed by atoms with van der Waals surface area (Å²) in [7, 11) is -3.64. The van der Waals surface area contributed by atoms with Gasteiger partial charge in [-0.2, -0.15) is 0 Å². The van der Waals surface area contributed by atoms with Crippen LogP contribution in [0.5, 0.6) is 0 Å². The molecule has 0 aliphatic carbocycles.